The van der Waals surface area contributed by atoms with Crippen LogP contribution in [0.3, 0.4) is 0 Å². The molecule has 0 spiro atoms. The average Bonchev–Trinajstić information content (AvgIpc) is 2.84. The number of fused-ring (bicyclic) bond motifs is 1. The summed E-state index contributed by atoms with van der Waals surface area (Å²) in [5.41, 5.74) is 7.97. The van der Waals surface area contributed by atoms with Gasteiger partial charge in [-0.3, -0.25) is 0 Å². The lowest BCUT2D eigenvalue weighted by atomic mass is 10.2. The number of benzene rings is 1. The maximum Gasteiger partial charge on any atom is 0.224 e. The molecule has 19 heavy (non-hydrogen) atoms. The van der Waals surface area contributed by atoms with E-state index < -0.39 is 0 Å². The molecule has 7 heteroatoms. The number of anilines is 2. The quantitative estimate of drug-likeness (QED) is 0.681. The molecule has 2 heterocycles. The fourth-order valence-corrected chi connectivity index (χ4v) is 2.02. The number of nitrogens with one attached hydrogen (secondary N) is 2. The molecule has 0 radical (unpaired) electrons. The van der Waals surface area contributed by atoms with Crippen molar-refractivity contribution in [1.29, 1.82) is 0 Å². The molecule has 2 aromatic heterocycles. The summed E-state index contributed by atoms with van der Waals surface area (Å²) >= 11 is 5.94. The number of imidazole rings is 1. The van der Waals surface area contributed by atoms with Crippen LogP contribution >= 0.6 is 11.6 Å². The molecule has 0 aliphatic heterocycles. The molecule has 6 nitrogen and oxygen atoms in total. The van der Waals surface area contributed by atoms with E-state index in [0.29, 0.717) is 28.5 Å². The lowest BCUT2D eigenvalue weighted by Crippen LogP contribution is -2.05. The van der Waals surface area contributed by atoms with Gasteiger partial charge in [0.2, 0.25) is 5.95 Å². The summed E-state index contributed by atoms with van der Waals surface area (Å²) in [6.45, 7) is 0.582. The summed E-state index contributed by atoms with van der Waals surface area (Å²) in [6.07, 6.45) is 1.56. The second-order valence-electron chi connectivity index (χ2n) is 4.01. The Hall–Kier alpha value is -2.34. The molecule has 4 N–H and O–H groups in total. The van der Waals surface area contributed by atoms with Crippen molar-refractivity contribution in [2.75, 3.05) is 11.1 Å². The van der Waals surface area contributed by atoms with E-state index in [4.69, 9.17) is 17.3 Å². The second kappa shape index (κ2) is 4.74. The monoisotopic (exact) mass is 274 g/mol. The average molecular weight is 275 g/mol. The smallest absolute Gasteiger partial charge is 0.224 e. The van der Waals surface area contributed by atoms with E-state index in [1.807, 2.05) is 24.3 Å². The number of aromatic nitrogens is 4. The van der Waals surface area contributed by atoms with Crippen LogP contribution in [0, 0.1) is 0 Å². The highest BCUT2D eigenvalue weighted by atomic mass is 35.5. The van der Waals surface area contributed by atoms with Crippen LogP contribution in [0.25, 0.3) is 11.2 Å². The van der Waals surface area contributed by atoms with Gasteiger partial charge in [-0.05, 0) is 17.7 Å². The molecule has 0 aliphatic rings. The highest BCUT2D eigenvalue weighted by molar-refractivity contribution is 6.30. The number of H-pyrrole nitrogens is 1. The number of rotatable bonds is 3. The van der Waals surface area contributed by atoms with Gasteiger partial charge in [-0.1, -0.05) is 23.7 Å². The Kier molecular flexibility index (Phi) is 2.92. The molecule has 0 unspecified atom stereocenters. The molecule has 0 atom stereocenters. The van der Waals surface area contributed by atoms with Crippen LogP contribution in [0.4, 0.5) is 11.8 Å². The molecule has 1 aromatic carbocycles. The molecule has 3 aromatic rings. The third kappa shape index (κ3) is 2.43. The number of hydrogen-bond acceptors (Lipinski definition) is 5. The van der Waals surface area contributed by atoms with Crippen molar-refractivity contribution in [2.24, 2.45) is 0 Å². The Labute approximate surface area is 114 Å². The Morgan fingerprint density at radius 1 is 1.32 bits per heavy atom. The van der Waals surface area contributed by atoms with Crippen LogP contribution < -0.4 is 11.1 Å². The fraction of sp³-hybridized carbons (Fsp3) is 0.0833. The molecule has 0 bridgehead atoms. The van der Waals surface area contributed by atoms with Crippen LogP contribution in [-0.2, 0) is 6.54 Å². The molecule has 0 fully saturated rings. The zero-order chi connectivity index (χ0) is 13.2. The van der Waals surface area contributed by atoms with Crippen LogP contribution in [0.5, 0.6) is 0 Å². The number of halogens is 1. The van der Waals surface area contributed by atoms with E-state index >= 15 is 0 Å². The molecule has 0 saturated carbocycles. The zero-order valence-corrected chi connectivity index (χ0v) is 10.6. The van der Waals surface area contributed by atoms with E-state index in [9.17, 15) is 0 Å². The third-order valence-electron chi connectivity index (χ3n) is 2.65. The summed E-state index contributed by atoms with van der Waals surface area (Å²) in [4.78, 5) is 15.3. The van der Waals surface area contributed by atoms with Gasteiger partial charge < -0.3 is 16.0 Å². The maximum absolute atomic E-state index is 5.94. The number of nitrogens with two attached hydrogens (primary N) is 1. The van der Waals surface area contributed by atoms with Crippen LogP contribution in [0.2, 0.25) is 5.02 Å². The minimum absolute atomic E-state index is 0.199. The maximum atomic E-state index is 5.94. The van der Waals surface area contributed by atoms with E-state index in [-0.39, 0.29) is 5.95 Å². The van der Waals surface area contributed by atoms with Crippen molar-refractivity contribution in [3.05, 3.63) is 41.2 Å². The van der Waals surface area contributed by atoms with E-state index in [2.05, 4.69) is 25.3 Å². The van der Waals surface area contributed by atoms with Crippen LogP contribution in [0.1, 0.15) is 5.56 Å². The van der Waals surface area contributed by atoms with Crippen LogP contribution in [-0.4, -0.2) is 19.9 Å². The summed E-state index contributed by atoms with van der Waals surface area (Å²) in [5.74, 6) is 0.800. The first kappa shape index (κ1) is 11.7. The Bertz CT molecular complexity index is 723. The van der Waals surface area contributed by atoms with Crippen molar-refractivity contribution in [3.63, 3.8) is 0 Å². The SMILES string of the molecule is Nc1nc(NCc2cccc(Cl)c2)c2nc[nH]c2n1. The summed E-state index contributed by atoms with van der Waals surface area (Å²) < 4.78 is 0. The molecule has 0 saturated heterocycles. The number of nitrogens with zero attached hydrogens (tertiary/aromatic N) is 3. The topological polar surface area (TPSA) is 92.5 Å². The molecule has 0 amide bonds. The van der Waals surface area contributed by atoms with Gasteiger partial charge in [0.05, 0.1) is 6.33 Å². The highest BCUT2D eigenvalue weighted by Crippen LogP contribution is 2.18. The van der Waals surface area contributed by atoms with E-state index in [0.717, 1.165) is 5.56 Å². The summed E-state index contributed by atoms with van der Waals surface area (Å²) in [6, 6.07) is 7.60. The third-order valence-corrected chi connectivity index (χ3v) is 2.88. The van der Waals surface area contributed by atoms with Gasteiger partial charge in [0.15, 0.2) is 11.5 Å². The molecule has 3 rings (SSSR count). The molecular formula is C12H11ClN6. The van der Waals surface area contributed by atoms with Crippen molar-refractivity contribution in [1.82, 2.24) is 19.9 Å². The lowest BCUT2D eigenvalue weighted by Gasteiger charge is -2.07. The van der Waals surface area contributed by atoms with Gasteiger partial charge in [-0.2, -0.15) is 9.97 Å². The van der Waals surface area contributed by atoms with Gasteiger partial charge in [0, 0.05) is 11.6 Å². The summed E-state index contributed by atoms with van der Waals surface area (Å²) in [7, 11) is 0. The fourth-order valence-electron chi connectivity index (χ4n) is 1.81. The second-order valence-corrected chi connectivity index (χ2v) is 4.45. The van der Waals surface area contributed by atoms with Gasteiger partial charge in [0.25, 0.3) is 0 Å². The van der Waals surface area contributed by atoms with Crippen molar-refractivity contribution >= 4 is 34.5 Å². The van der Waals surface area contributed by atoms with Gasteiger partial charge in [-0.25, -0.2) is 4.98 Å². The van der Waals surface area contributed by atoms with Gasteiger partial charge in [0.1, 0.15) is 5.52 Å². The minimum Gasteiger partial charge on any atom is -0.368 e. The zero-order valence-electron chi connectivity index (χ0n) is 9.89. The Morgan fingerprint density at radius 3 is 3.05 bits per heavy atom. The first-order valence-electron chi connectivity index (χ1n) is 5.67. The largest absolute Gasteiger partial charge is 0.368 e. The van der Waals surface area contributed by atoms with Crippen molar-refractivity contribution in [3.8, 4) is 0 Å². The highest BCUT2D eigenvalue weighted by Gasteiger charge is 2.08. The standard InChI is InChI=1S/C12H11ClN6/c13-8-3-1-2-7(4-8)5-15-10-9-11(17-6-16-9)19-12(14)18-10/h1-4,6H,5H2,(H4,14,15,16,17,18,19). The van der Waals surface area contributed by atoms with E-state index in [1.54, 1.807) is 6.33 Å². The first-order valence-corrected chi connectivity index (χ1v) is 6.05. The Balaban J connectivity index is 1.87. The molecular weight excluding hydrogens is 264 g/mol. The predicted octanol–water partition coefficient (Wildman–Crippen LogP) is 2.20. The minimum atomic E-state index is 0.199. The van der Waals surface area contributed by atoms with Gasteiger partial charge in [-0.15, -0.1) is 0 Å². The lowest BCUT2D eigenvalue weighted by molar-refractivity contribution is 1.10. The number of nitrogen functional groups attached to an aromatic ring is 1. The van der Waals surface area contributed by atoms with Crippen LogP contribution in [0.15, 0.2) is 30.6 Å². The molecule has 0 aliphatic carbocycles. The molecule has 96 valence electrons. The summed E-state index contributed by atoms with van der Waals surface area (Å²) in [5, 5.41) is 3.89. The van der Waals surface area contributed by atoms with Crippen molar-refractivity contribution in [2.45, 2.75) is 6.54 Å². The number of aromatic amines is 1. The number of hydrogen-bond donors (Lipinski definition) is 3. The normalized spacial score (nSPS) is 10.8. The van der Waals surface area contributed by atoms with Gasteiger partial charge >= 0.3 is 0 Å². The van der Waals surface area contributed by atoms with E-state index in [1.165, 1.54) is 0 Å². The van der Waals surface area contributed by atoms with Crippen molar-refractivity contribution < 1.29 is 0 Å². The predicted molar refractivity (Wildman–Crippen MR) is 74.9 cm³/mol. The Morgan fingerprint density at radius 2 is 2.21 bits per heavy atom. The first-order chi connectivity index (χ1) is 9.22.